The lowest BCUT2D eigenvalue weighted by Gasteiger charge is -2.25. The molecule has 1 amide bonds. The number of hydrogen-bond acceptors (Lipinski definition) is 5. The Morgan fingerprint density at radius 2 is 1.39 bits per heavy atom. The third-order valence-corrected chi connectivity index (χ3v) is 9.67. The van der Waals surface area contributed by atoms with Crippen LogP contribution in [0.1, 0.15) is 13.8 Å². The van der Waals surface area contributed by atoms with Gasteiger partial charge in [0.05, 0.1) is 20.5 Å². The van der Waals surface area contributed by atoms with Crippen molar-refractivity contribution in [2.24, 2.45) is 0 Å². The van der Waals surface area contributed by atoms with E-state index in [0.717, 1.165) is 4.31 Å². The molecule has 0 saturated carbocycles. The first-order valence-electron chi connectivity index (χ1n) is 10.9. The Morgan fingerprint density at radius 3 is 1.97 bits per heavy atom. The van der Waals surface area contributed by atoms with Crippen LogP contribution in [0.15, 0.2) is 82.6 Å². The van der Waals surface area contributed by atoms with Gasteiger partial charge in [0.1, 0.15) is 6.54 Å². The molecule has 0 atom stereocenters. The predicted molar refractivity (Wildman–Crippen MR) is 143 cm³/mol. The van der Waals surface area contributed by atoms with Crippen LogP contribution in [0.2, 0.25) is 10.0 Å². The molecule has 1 N–H and O–H groups in total. The Bertz CT molecular complexity index is 1430. The van der Waals surface area contributed by atoms with Crippen molar-refractivity contribution in [1.29, 1.82) is 0 Å². The number of carbonyl (C=O) groups excluding carboxylic acids is 1. The zero-order valence-electron chi connectivity index (χ0n) is 19.6. The van der Waals surface area contributed by atoms with Gasteiger partial charge in [-0.25, -0.2) is 16.8 Å². The summed E-state index contributed by atoms with van der Waals surface area (Å²) in [6.07, 6.45) is 0. The number of sulfonamides is 2. The minimum atomic E-state index is -4.18. The van der Waals surface area contributed by atoms with Gasteiger partial charge in [0.15, 0.2) is 0 Å². The van der Waals surface area contributed by atoms with E-state index >= 15 is 0 Å². The second-order valence-electron chi connectivity index (χ2n) is 7.58. The molecule has 3 aromatic carbocycles. The summed E-state index contributed by atoms with van der Waals surface area (Å²) >= 11 is 12.4. The zero-order chi connectivity index (χ0) is 26.5. The van der Waals surface area contributed by atoms with E-state index in [1.54, 1.807) is 32.0 Å². The first-order chi connectivity index (χ1) is 17.0. The van der Waals surface area contributed by atoms with Crippen LogP contribution in [0, 0.1) is 0 Å². The number of hydrogen-bond donors (Lipinski definition) is 1. The van der Waals surface area contributed by atoms with Crippen LogP contribution in [0.3, 0.4) is 0 Å². The fourth-order valence-electron chi connectivity index (χ4n) is 3.45. The van der Waals surface area contributed by atoms with Gasteiger partial charge in [-0.15, -0.1) is 0 Å². The van der Waals surface area contributed by atoms with Gasteiger partial charge >= 0.3 is 0 Å². The maximum absolute atomic E-state index is 13.4. The molecule has 192 valence electrons. The maximum atomic E-state index is 13.4. The summed E-state index contributed by atoms with van der Waals surface area (Å²) in [6.45, 7) is 3.55. The molecular formula is C24H25Cl2N3O5S2. The highest BCUT2D eigenvalue weighted by atomic mass is 35.5. The Balaban J connectivity index is 1.89. The van der Waals surface area contributed by atoms with E-state index in [2.05, 4.69) is 5.32 Å². The summed E-state index contributed by atoms with van der Waals surface area (Å²) in [5.41, 5.74) is 0.344. The number of anilines is 2. The normalized spacial score (nSPS) is 11.9. The van der Waals surface area contributed by atoms with Gasteiger partial charge in [-0.1, -0.05) is 55.2 Å². The van der Waals surface area contributed by atoms with Crippen LogP contribution in [0.5, 0.6) is 0 Å². The van der Waals surface area contributed by atoms with Gasteiger partial charge in [0.25, 0.3) is 10.0 Å². The molecule has 0 radical (unpaired) electrons. The summed E-state index contributed by atoms with van der Waals surface area (Å²) in [5, 5.41) is 2.94. The lowest BCUT2D eigenvalue weighted by atomic mass is 10.3. The highest BCUT2D eigenvalue weighted by molar-refractivity contribution is 7.93. The second-order valence-corrected chi connectivity index (χ2v) is 12.2. The van der Waals surface area contributed by atoms with Gasteiger partial charge in [0.2, 0.25) is 15.9 Å². The van der Waals surface area contributed by atoms with E-state index in [1.165, 1.54) is 58.9 Å². The fraction of sp³-hybridized carbons (Fsp3) is 0.208. The first kappa shape index (κ1) is 27.9. The number of halogens is 2. The third-order valence-electron chi connectivity index (χ3n) is 5.28. The lowest BCUT2D eigenvalue weighted by molar-refractivity contribution is -0.114. The fourth-order valence-corrected chi connectivity index (χ4v) is 6.80. The molecule has 0 aliphatic carbocycles. The van der Waals surface area contributed by atoms with Crippen LogP contribution in [0.25, 0.3) is 0 Å². The second kappa shape index (κ2) is 11.6. The summed E-state index contributed by atoms with van der Waals surface area (Å²) in [7, 11) is -7.83. The number of benzene rings is 3. The molecule has 0 aliphatic rings. The van der Waals surface area contributed by atoms with E-state index in [-0.39, 0.29) is 25.5 Å². The quantitative estimate of drug-likeness (QED) is 0.375. The molecule has 0 unspecified atom stereocenters. The molecule has 0 saturated heterocycles. The molecular weight excluding hydrogens is 545 g/mol. The highest BCUT2D eigenvalue weighted by Crippen LogP contribution is 2.33. The highest BCUT2D eigenvalue weighted by Gasteiger charge is 2.29. The first-order valence-corrected chi connectivity index (χ1v) is 14.6. The standard InChI is InChI=1S/C24H25Cl2N3O5S2/c1-3-28(4-2)35(31,32)21-13-11-19(12-14-21)27-24(30)17-29(23-16-18(25)10-15-22(23)26)36(33,34)20-8-6-5-7-9-20/h5-16H,3-4,17H2,1-2H3,(H,27,30). The molecule has 3 rings (SSSR count). The number of rotatable bonds is 10. The van der Waals surface area contributed by atoms with Crippen molar-refractivity contribution >= 4 is 60.5 Å². The minimum absolute atomic E-state index is 0.0280. The van der Waals surface area contributed by atoms with Gasteiger partial charge in [0, 0.05) is 23.8 Å². The lowest BCUT2D eigenvalue weighted by Crippen LogP contribution is -2.38. The minimum Gasteiger partial charge on any atom is -0.325 e. The van der Waals surface area contributed by atoms with Gasteiger partial charge in [-0.05, 0) is 54.6 Å². The number of nitrogens with zero attached hydrogens (tertiary/aromatic N) is 2. The third kappa shape index (κ3) is 6.19. The summed E-state index contributed by atoms with van der Waals surface area (Å²) < 4.78 is 54.4. The predicted octanol–water partition coefficient (Wildman–Crippen LogP) is 4.86. The Hall–Kier alpha value is -2.63. The van der Waals surface area contributed by atoms with E-state index < -0.39 is 32.5 Å². The molecule has 0 heterocycles. The molecule has 0 aliphatic heterocycles. The van der Waals surface area contributed by atoms with Crippen LogP contribution in [0.4, 0.5) is 11.4 Å². The van der Waals surface area contributed by atoms with Crippen molar-refractivity contribution in [3.05, 3.63) is 82.8 Å². The monoisotopic (exact) mass is 569 g/mol. The van der Waals surface area contributed by atoms with Gasteiger partial charge in [-0.2, -0.15) is 4.31 Å². The average molecular weight is 571 g/mol. The molecule has 0 fully saturated rings. The number of amides is 1. The van der Waals surface area contributed by atoms with Crippen molar-refractivity contribution < 1.29 is 21.6 Å². The number of carbonyl (C=O) groups is 1. The molecule has 3 aromatic rings. The molecule has 0 spiro atoms. The van der Waals surface area contributed by atoms with E-state index in [4.69, 9.17) is 23.2 Å². The van der Waals surface area contributed by atoms with Crippen molar-refractivity contribution in [1.82, 2.24) is 4.31 Å². The van der Waals surface area contributed by atoms with Crippen molar-refractivity contribution in [2.45, 2.75) is 23.6 Å². The Morgan fingerprint density at radius 1 is 0.806 bits per heavy atom. The number of nitrogens with one attached hydrogen (secondary N) is 1. The molecule has 36 heavy (non-hydrogen) atoms. The smallest absolute Gasteiger partial charge is 0.264 e. The molecule has 8 nitrogen and oxygen atoms in total. The van der Waals surface area contributed by atoms with E-state index in [0.29, 0.717) is 18.8 Å². The summed E-state index contributed by atoms with van der Waals surface area (Å²) in [4.78, 5) is 13.0. The van der Waals surface area contributed by atoms with Crippen molar-refractivity contribution in [3.63, 3.8) is 0 Å². The largest absolute Gasteiger partial charge is 0.325 e. The maximum Gasteiger partial charge on any atom is 0.264 e. The molecule has 12 heteroatoms. The van der Waals surface area contributed by atoms with E-state index in [1.807, 2.05) is 0 Å². The Labute approximate surface area is 221 Å². The SMILES string of the molecule is CCN(CC)S(=O)(=O)c1ccc(NC(=O)CN(c2cc(Cl)ccc2Cl)S(=O)(=O)c2ccccc2)cc1. The van der Waals surface area contributed by atoms with Crippen LogP contribution in [-0.4, -0.2) is 46.7 Å². The Kier molecular flexibility index (Phi) is 9.02. The zero-order valence-corrected chi connectivity index (χ0v) is 22.7. The average Bonchev–Trinajstić information content (AvgIpc) is 2.85. The van der Waals surface area contributed by atoms with Crippen molar-refractivity contribution in [3.8, 4) is 0 Å². The topological polar surface area (TPSA) is 104 Å². The molecule has 0 bridgehead atoms. The van der Waals surface area contributed by atoms with Gasteiger partial charge in [-0.3, -0.25) is 9.10 Å². The van der Waals surface area contributed by atoms with Crippen LogP contribution >= 0.6 is 23.2 Å². The van der Waals surface area contributed by atoms with E-state index in [9.17, 15) is 21.6 Å². The van der Waals surface area contributed by atoms with Gasteiger partial charge < -0.3 is 5.32 Å². The van der Waals surface area contributed by atoms with Crippen molar-refractivity contribution in [2.75, 3.05) is 29.3 Å². The summed E-state index contributed by atoms with van der Waals surface area (Å²) in [6, 6.07) is 17.6. The molecule has 0 aromatic heterocycles. The summed E-state index contributed by atoms with van der Waals surface area (Å²) in [5.74, 6) is -0.662. The van der Waals surface area contributed by atoms with Crippen LogP contribution in [-0.2, 0) is 24.8 Å². The van der Waals surface area contributed by atoms with Crippen LogP contribution < -0.4 is 9.62 Å².